The SMILES string of the molecule is C[C@H]1C[C@H]2OC(=O)C3=CCC[C@]4(OC(=O)C[C@]14C)[C@]32C. The van der Waals surface area contributed by atoms with Gasteiger partial charge in [0.15, 0.2) is 0 Å². The zero-order valence-corrected chi connectivity index (χ0v) is 12.2. The van der Waals surface area contributed by atoms with Crippen LogP contribution in [0.25, 0.3) is 0 Å². The predicted octanol–water partition coefficient (Wildman–Crippen LogP) is 2.37. The Morgan fingerprint density at radius 3 is 2.80 bits per heavy atom. The molecule has 0 bridgehead atoms. The van der Waals surface area contributed by atoms with Gasteiger partial charge in [0.2, 0.25) is 0 Å². The number of rotatable bonds is 0. The van der Waals surface area contributed by atoms with E-state index in [1.165, 1.54) is 0 Å². The van der Waals surface area contributed by atoms with Crippen LogP contribution in [0.2, 0.25) is 0 Å². The van der Waals surface area contributed by atoms with Gasteiger partial charge in [-0.3, -0.25) is 4.79 Å². The third kappa shape index (κ3) is 1.01. The second kappa shape index (κ2) is 3.29. The summed E-state index contributed by atoms with van der Waals surface area (Å²) in [6, 6.07) is 0. The molecular weight excluding hydrogens is 256 g/mol. The first kappa shape index (κ1) is 12.4. The van der Waals surface area contributed by atoms with Gasteiger partial charge in [-0.25, -0.2) is 4.79 Å². The van der Waals surface area contributed by atoms with Crippen molar-refractivity contribution >= 4 is 11.9 Å². The average Bonchev–Trinajstić information content (AvgIpc) is 2.77. The summed E-state index contributed by atoms with van der Waals surface area (Å²) in [7, 11) is 0. The minimum atomic E-state index is -0.574. The van der Waals surface area contributed by atoms with Crippen LogP contribution in [0, 0.1) is 16.7 Å². The summed E-state index contributed by atoms with van der Waals surface area (Å²) in [5, 5.41) is 0. The number of hydrogen-bond donors (Lipinski definition) is 0. The van der Waals surface area contributed by atoms with E-state index in [4.69, 9.17) is 9.47 Å². The van der Waals surface area contributed by atoms with E-state index >= 15 is 0 Å². The molecule has 0 N–H and O–H groups in total. The highest BCUT2D eigenvalue weighted by Gasteiger charge is 2.77. The van der Waals surface area contributed by atoms with E-state index in [2.05, 4.69) is 20.8 Å². The minimum Gasteiger partial charge on any atom is -0.458 e. The smallest absolute Gasteiger partial charge is 0.334 e. The number of hydrogen-bond acceptors (Lipinski definition) is 4. The number of esters is 2. The van der Waals surface area contributed by atoms with E-state index < -0.39 is 11.0 Å². The summed E-state index contributed by atoms with van der Waals surface area (Å²) in [5.74, 6) is -0.0323. The molecule has 20 heavy (non-hydrogen) atoms. The second-order valence-electron chi connectivity index (χ2n) is 7.28. The second-order valence-corrected chi connectivity index (χ2v) is 7.28. The topological polar surface area (TPSA) is 52.6 Å². The minimum absolute atomic E-state index is 0.123. The van der Waals surface area contributed by atoms with E-state index in [-0.39, 0.29) is 23.5 Å². The van der Waals surface area contributed by atoms with Crippen LogP contribution in [0.1, 0.15) is 46.5 Å². The summed E-state index contributed by atoms with van der Waals surface area (Å²) in [5.41, 5.74) is -0.518. The van der Waals surface area contributed by atoms with Crippen molar-refractivity contribution in [2.24, 2.45) is 16.7 Å². The largest absolute Gasteiger partial charge is 0.458 e. The normalized spacial score (nSPS) is 52.9. The fourth-order valence-electron chi connectivity index (χ4n) is 5.41. The first-order chi connectivity index (χ1) is 9.35. The van der Waals surface area contributed by atoms with Crippen LogP contribution in [0.4, 0.5) is 0 Å². The molecule has 0 aromatic heterocycles. The summed E-state index contributed by atoms with van der Waals surface area (Å²) < 4.78 is 11.6. The zero-order valence-electron chi connectivity index (χ0n) is 12.2. The van der Waals surface area contributed by atoms with Crippen molar-refractivity contribution in [2.75, 3.05) is 0 Å². The van der Waals surface area contributed by atoms with Gasteiger partial charge in [0.25, 0.3) is 0 Å². The van der Waals surface area contributed by atoms with Crippen LogP contribution >= 0.6 is 0 Å². The lowest BCUT2D eigenvalue weighted by Gasteiger charge is -2.59. The fourth-order valence-corrected chi connectivity index (χ4v) is 5.41. The van der Waals surface area contributed by atoms with E-state index in [1.807, 2.05) is 6.08 Å². The fraction of sp³-hybridized carbons (Fsp3) is 0.750. The van der Waals surface area contributed by atoms with Crippen LogP contribution in [0.5, 0.6) is 0 Å². The Hall–Kier alpha value is -1.32. The van der Waals surface area contributed by atoms with Crippen LogP contribution in [-0.4, -0.2) is 23.6 Å². The number of carbonyl (C=O) groups excluding carboxylic acids is 2. The van der Waals surface area contributed by atoms with Gasteiger partial charge in [-0.1, -0.05) is 19.9 Å². The molecule has 4 heteroatoms. The van der Waals surface area contributed by atoms with E-state index in [1.54, 1.807) is 0 Å². The highest BCUT2D eigenvalue weighted by molar-refractivity contribution is 5.94. The van der Waals surface area contributed by atoms with Crippen LogP contribution in [0.15, 0.2) is 11.6 Å². The molecule has 1 spiro atoms. The van der Waals surface area contributed by atoms with Crippen molar-refractivity contribution in [3.05, 3.63) is 11.6 Å². The molecular formula is C16H20O4. The Morgan fingerprint density at radius 1 is 1.30 bits per heavy atom. The summed E-state index contributed by atoms with van der Waals surface area (Å²) in [6.45, 7) is 6.39. The van der Waals surface area contributed by atoms with Crippen LogP contribution in [-0.2, 0) is 19.1 Å². The van der Waals surface area contributed by atoms with Crippen molar-refractivity contribution in [2.45, 2.75) is 58.2 Å². The molecule has 3 fully saturated rings. The van der Waals surface area contributed by atoms with Crippen molar-refractivity contribution in [3.8, 4) is 0 Å². The summed E-state index contributed by atoms with van der Waals surface area (Å²) in [6.07, 6.45) is 4.69. The van der Waals surface area contributed by atoms with Crippen molar-refractivity contribution in [3.63, 3.8) is 0 Å². The van der Waals surface area contributed by atoms with Gasteiger partial charge >= 0.3 is 11.9 Å². The Balaban J connectivity index is 2.00. The monoisotopic (exact) mass is 276 g/mol. The van der Waals surface area contributed by atoms with Gasteiger partial charge < -0.3 is 9.47 Å². The number of ether oxygens (including phenoxy) is 2. The molecule has 2 aliphatic carbocycles. The van der Waals surface area contributed by atoms with E-state index in [0.717, 1.165) is 24.8 Å². The number of allylic oxidation sites excluding steroid dienone is 1. The Morgan fingerprint density at radius 2 is 2.05 bits per heavy atom. The standard InChI is InChI=1S/C16H20O4/c1-9-7-11-15(3)10(13(18)19-11)5-4-6-16(15)14(9,2)8-12(17)20-16/h5,9,11H,4,6-8H2,1-3H3/t9-,11+,14+,15+,16+/m0/s1. The maximum Gasteiger partial charge on any atom is 0.334 e. The van der Waals surface area contributed by atoms with Gasteiger partial charge in [-0.15, -0.1) is 0 Å². The summed E-state index contributed by atoms with van der Waals surface area (Å²) >= 11 is 0. The van der Waals surface area contributed by atoms with Gasteiger partial charge in [-0.05, 0) is 32.1 Å². The van der Waals surface area contributed by atoms with Crippen LogP contribution in [0.3, 0.4) is 0 Å². The first-order valence-electron chi connectivity index (χ1n) is 7.49. The molecule has 2 heterocycles. The lowest BCUT2D eigenvalue weighted by Crippen LogP contribution is -2.66. The molecule has 4 rings (SSSR count). The van der Waals surface area contributed by atoms with E-state index in [9.17, 15) is 9.59 Å². The molecule has 4 aliphatic rings. The van der Waals surface area contributed by atoms with Crippen LogP contribution < -0.4 is 0 Å². The molecule has 0 radical (unpaired) electrons. The van der Waals surface area contributed by atoms with Crippen molar-refractivity contribution < 1.29 is 19.1 Å². The van der Waals surface area contributed by atoms with Gasteiger partial charge in [0.1, 0.15) is 11.7 Å². The maximum atomic E-state index is 12.2. The van der Waals surface area contributed by atoms with Crippen molar-refractivity contribution in [1.29, 1.82) is 0 Å². The molecule has 108 valence electrons. The first-order valence-corrected chi connectivity index (χ1v) is 7.49. The Kier molecular flexibility index (Phi) is 2.04. The molecule has 0 amide bonds. The van der Waals surface area contributed by atoms with Gasteiger partial charge in [0, 0.05) is 11.0 Å². The zero-order chi connectivity index (χ0) is 14.3. The maximum absolute atomic E-state index is 12.2. The van der Waals surface area contributed by atoms with Gasteiger partial charge in [0.05, 0.1) is 11.8 Å². The van der Waals surface area contributed by atoms with E-state index in [0.29, 0.717) is 12.3 Å². The Bertz CT molecular complexity index is 565. The lowest BCUT2D eigenvalue weighted by molar-refractivity contribution is -0.211. The molecule has 2 saturated heterocycles. The highest BCUT2D eigenvalue weighted by Crippen LogP contribution is 2.70. The molecule has 1 saturated carbocycles. The third-order valence-corrected chi connectivity index (χ3v) is 6.73. The molecule has 0 aromatic rings. The predicted molar refractivity (Wildman–Crippen MR) is 70.6 cm³/mol. The van der Waals surface area contributed by atoms with Crippen molar-refractivity contribution in [1.82, 2.24) is 0 Å². The average molecular weight is 276 g/mol. The molecule has 4 nitrogen and oxygen atoms in total. The summed E-state index contributed by atoms with van der Waals surface area (Å²) in [4.78, 5) is 24.3. The molecule has 0 aromatic carbocycles. The highest BCUT2D eigenvalue weighted by atomic mass is 16.6. The third-order valence-electron chi connectivity index (χ3n) is 6.73. The quantitative estimate of drug-likeness (QED) is 0.637. The molecule has 2 aliphatic heterocycles. The number of carbonyl (C=O) groups is 2. The Labute approximate surface area is 118 Å². The lowest BCUT2D eigenvalue weighted by atomic mass is 9.45. The molecule has 5 atom stereocenters. The molecule has 0 unspecified atom stereocenters. The van der Waals surface area contributed by atoms with Gasteiger partial charge in [-0.2, -0.15) is 0 Å².